The minimum absolute atomic E-state index is 0.0721. The summed E-state index contributed by atoms with van der Waals surface area (Å²) in [5, 5.41) is 0. The first-order chi connectivity index (χ1) is 7.51. The fourth-order valence-corrected chi connectivity index (χ4v) is 1.22. The zero-order valence-electron chi connectivity index (χ0n) is 10.4. The highest BCUT2D eigenvalue weighted by atomic mass is 16.5. The smallest absolute Gasteiger partial charge is 0.305 e. The van der Waals surface area contributed by atoms with Crippen molar-refractivity contribution in [3.8, 4) is 0 Å². The molecule has 0 saturated heterocycles. The highest BCUT2D eigenvalue weighted by molar-refractivity contribution is 5.76. The van der Waals surface area contributed by atoms with Crippen LogP contribution in [0, 0.1) is 5.92 Å². The standard InChI is InChI=1S/C11H22N2O3/c1-9(8-12)7-10(14)13(2)6-4-5-11(15)16-3/h9H,4-8,12H2,1-3H3. The Labute approximate surface area is 96.9 Å². The summed E-state index contributed by atoms with van der Waals surface area (Å²) >= 11 is 0. The van der Waals surface area contributed by atoms with Crippen LogP contribution >= 0.6 is 0 Å². The van der Waals surface area contributed by atoms with Crippen molar-refractivity contribution >= 4 is 11.9 Å². The van der Waals surface area contributed by atoms with Gasteiger partial charge in [0.05, 0.1) is 7.11 Å². The van der Waals surface area contributed by atoms with Crippen LogP contribution in [0.15, 0.2) is 0 Å². The average molecular weight is 230 g/mol. The van der Waals surface area contributed by atoms with Crippen molar-refractivity contribution in [2.75, 3.05) is 27.2 Å². The Balaban J connectivity index is 3.75. The molecule has 0 aliphatic heterocycles. The third-order valence-corrected chi connectivity index (χ3v) is 2.45. The maximum absolute atomic E-state index is 11.6. The van der Waals surface area contributed by atoms with E-state index < -0.39 is 0 Å². The lowest BCUT2D eigenvalue weighted by Gasteiger charge is -2.18. The molecule has 0 aromatic carbocycles. The normalized spacial score (nSPS) is 12.0. The van der Waals surface area contributed by atoms with Gasteiger partial charge in [-0.2, -0.15) is 0 Å². The molecule has 0 radical (unpaired) electrons. The first-order valence-electron chi connectivity index (χ1n) is 5.52. The monoisotopic (exact) mass is 230 g/mol. The number of nitrogens with two attached hydrogens (primary N) is 1. The van der Waals surface area contributed by atoms with Gasteiger partial charge in [-0.25, -0.2) is 0 Å². The lowest BCUT2D eigenvalue weighted by Crippen LogP contribution is -2.30. The van der Waals surface area contributed by atoms with Crippen molar-refractivity contribution in [3.05, 3.63) is 0 Å². The number of nitrogens with zero attached hydrogens (tertiary/aromatic N) is 1. The maximum Gasteiger partial charge on any atom is 0.305 e. The zero-order valence-corrected chi connectivity index (χ0v) is 10.4. The summed E-state index contributed by atoms with van der Waals surface area (Å²) in [6.07, 6.45) is 1.44. The molecule has 0 saturated carbocycles. The lowest BCUT2D eigenvalue weighted by molar-refractivity contribution is -0.141. The Morgan fingerprint density at radius 1 is 1.44 bits per heavy atom. The molecule has 0 aliphatic rings. The molecule has 0 spiro atoms. The van der Waals surface area contributed by atoms with Crippen molar-refractivity contribution in [2.24, 2.45) is 11.7 Å². The Hall–Kier alpha value is -1.10. The van der Waals surface area contributed by atoms with Crippen LogP contribution in [0.2, 0.25) is 0 Å². The number of hydrogen-bond donors (Lipinski definition) is 1. The largest absolute Gasteiger partial charge is 0.469 e. The SMILES string of the molecule is COC(=O)CCCN(C)C(=O)CC(C)CN. The molecule has 1 atom stereocenters. The molecule has 5 heteroatoms. The summed E-state index contributed by atoms with van der Waals surface area (Å²) in [5.74, 6) is 0.0366. The quantitative estimate of drug-likeness (QED) is 0.642. The van der Waals surface area contributed by atoms with Gasteiger partial charge in [0.1, 0.15) is 0 Å². The van der Waals surface area contributed by atoms with Crippen LogP contribution in [0.4, 0.5) is 0 Å². The van der Waals surface area contributed by atoms with Crippen LogP contribution in [0.3, 0.4) is 0 Å². The van der Waals surface area contributed by atoms with E-state index >= 15 is 0 Å². The topological polar surface area (TPSA) is 72.6 Å². The Morgan fingerprint density at radius 3 is 2.56 bits per heavy atom. The van der Waals surface area contributed by atoms with Crippen LogP contribution in [0.5, 0.6) is 0 Å². The summed E-state index contributed by atoms with van der Waals surface area (Å²) in [6, 6.07) is 0. The van der Waals surface area contributed by atoms with E-state index in [9.17, 15) is 9.59 Å². The third kappa shape index (κ3) is 6.40. The van der Waals surface area contributed by atoms with Crippen LogP contribution in [0.1, 0.15) is 26.2 Å². The number of esters is 1. The number of hydrogen-bond acceptors (Lipinski definition) is 4. The number of carbonyl (C=O) groups is 2. The van der Waals surface area contributed by atoms with Gasteiger partial charge in [0.15, 0.2) is 0 Å². The second kappa shape index (κ2) is 8.10. The maximum atomic E-state index is 11.6. The molecule has 1 amide bonds. The Bertz CT molecular complexity index is 231. The molecule has 16 heavy (non-hydrogen) atoms. The predicted molar refractivity (Wildman–Crippen MR) is 61.7 cm³/mol. The van der Waals surface area contributed by atoms with E-state index in [4.69, 9.17) is 5.73 Å². The number of rotatable bonds is 7. The first-order valence-corrected chi connectivity index (χ1v) is 5.52. The third-order valence-electron chi connectivity index (χ3n) is 2.45. The highest BCUT2D eigenvalue weighted by Crippen LogP contribution is 2.03. The number of carbonyl (C=O) groups excluding carboxylic acids is 2. The lowest BCUT2D eigenvalue weighted by atomic mass is 10.1. The van der Waals surface area contributed by atoms with Crippen LogP contribution in [-0.2, 0) is 14.3 Å². The molecule has 0 aliphatic carbocycles. The number of methoxy groups -OCH3 is 1. The van der Waals surface area contributed by atoms with Crippen molar-refractivity contribution < 1.29 is 14.3 Å². The van der Waals surface area contributed by atoms with Crippen molar-refractivity contribution in [2.45, 2.75) is 26.2 Å². The molecule has 94 valence electrons. The molecular weight excluding hydrogens is 208 g/mol. The molecule has 0 heterocycles. The molecule has 0 bridgehead atoms. The fourth-order valence-electron chi connectivity index (χ4n) is 1.22. The Kier molecular flexibility index (Phi) is 7.54. The van der Waals surface area contributed by atoms with Gasteiger partial charge in [0.2, 0.25) is 5.91 Å². The number of amides is 1. The van der Waals surface area contributed by atoms with Gasteiger partial charge in [-0.05, 0) is 18.9 Å². The highest BCUT2D eigenvalue weighted by Gasteiger charge is 2.12. The van der Waals surface area contributed by atoms with Gasteiger partial charge >= 0.3 is 5.97 Å². The molecule has 0 aromatic heterocycles. The van der Waals surface area contributed by atoms with Crippen molar-refractivity contribution in [1.82, 2.24) is 4.90 Å². The second-order valence-corrected chi connectivity index (χ2v) is 4.04. The summed E-state index contributed by atoms with van der Waals surface area (Å²) in [6.45, 7) is 3.03. The molecule has 0 fully saturated rings. The van der Waals surface area contributed by atoms with E-state index in [2.05, 4.69) is 4.74 Å². The van der Waals surface area contributed by atoms with Gasteiger partial charge < -0.3 is 15.4 Å². The van der Waals surface area contributed by atoms with Crippen molar-refractivity contribution in [1.29, 1.82) is 0 Å². The fraction of sp³-hybridized carbons (Fsp3) is 0.818. The summed E-state index contributed by atoms with van der Waals surface area (Å²) in [4.78, 5) is 24.1. The van der Waals surface area contributed by atoms with Gasteiger partial charge in [0.25, 0.3) is 0 Å². The van der Waals surface area contributed by atoms with Gasteiger partial charge in [-0.15, -0.1) is 0 Å². The molecule has 1 unspecified atom stereocenters. The average Bonchev–Trinajstić information content (AvgIpc) is 2.28. The van der Waals surface area contributed by atoms with Crippen LogP contribution < -0.4 is 5.73 Å². The number of ether oxygens (including phenoxy) is 1. The Morgan fingerprint density at radius 2 is 2.06 bits per heavy atom. The first kappa shape index (κ1) is 14.9. The summed E-state index contributed by atoms with van der Waals surface area (Å²) in [7, 11) is 3.10. The molecule has 5 nitrogen and oxygen atoms in total. The van der Waals surface area contributed by atoms with E-state index in [0.29, 0.717) is 32.4 Å². The van der Waals surface area contributed by atoms with Gasteiger partial charge in [0, 0.05) is 26.4 Å². The van der Waals surface area contributed by atoms with Crippen LogP contribution in [0.25, 0.3) is 0 Å². The predicted octanol–water partition coefficient (Wildman–Crippen LogP) is 0.383. The molecule has 0 rings (SSSR count). The van der Waals surface area contributed by atoms with E-state index in [0.717, 1.165) is 0 Å². The van der Waals surface area contributed by atoms with Crippen LogP contribution in [-0.4, -0.2) is 44.0 Å². The summed E-state index contributed by atoms with van der Waals surface area (Å²) in [5.41, 5.74) is 5.45. The van der Waals surface area contributed by atoms with E-state index in [1.54, 1.807) is 11.9 Å². The summed E-state index contributed by atoms with van der Waals surface area (Å²) < 4.78 is 4.52. The van der Waals surface area contributed by atoms with E-state index in [1.165, 1.54) is 7.11 Å². The van der Waals surface area contributed by atoms with Crippen molar-refractivity contribution in [3.63, 3.8) is 0 Å². The minimum atomic E-state index is -0.240. The van der Waals surface area contributed by atoms with E-state index in [-0.39, 0.29) is 17.8 Å². The minimum Gasteiger partial charge on any atom is -0.469 e. The second-order valence-electron chi connectivity index (χ2n) is 4.04. The van der Waals surface area contributed by atoms with E-state index in [1.807, 2.05) is 6.92 Å². The molecule has 2 N–H and O–H groups in total. The van der Waals surface area contributed by atoms with Gasteiger partial charge in [-0.1, -0.05) is 6.92 Å². The van der Waals surface area contributed by atoms with Gasteiger partial charge in [-0.3, -0.25) is 9.59 Å². The molecule has 0 aromatic rings. The zero-order chi connectivity index (χ0) is 12.6. The molecular formula is C11H22N2O3.